The molecule has 0 saturated heterocycles. The van der Waals surface area contributed by atoms with Crippen molar-refractivity contribution in [1.29, 1.82) is 5.41 Å². The summed E-state index contributed by atoms with van der Waals surface area (Å²) in [4.78, 5) is 13.6. The summed E-state index contributed by atoms with van der Waals surface area (Å²) in [5, 5.41) is 13.0. The molecule has 0 aliphatic carbocycles. The molecular formula is C20H26N6O2. The first kappa shape index (κ1) is 19.8. The fourth-order valence-corrected chi connectivity index (χ4v) is 2.89. The highest BCUT2D eigenvalue weighted by Crippen LogP contribution is 2.30. The third-order valence-corrected chi connectivity index (χ3v) is 4.45. The standard InChI is InChI=1S/C20H26N6O2/c1-19(2,3)14-7-9-15(10-8-14)28-20(4,5)16-11-12-22-17-23-18(24-26(16)17)25(13-21)27-6/h7-13,21H,1-6H3. The molecule has 28 heavy (non-hydrogen) atoms. The van der Waals surface area contributed by atoms with Gasteiger partial charge in [0.2, 0.25) is 0 Å². The molecule has 0 saturated carbocycles. The van der Waals surface area contributed by atoms with Crippen molar-refractivity contribution in [1.82, 2.24) is 19.6 Å². The minimum atomic E-state index is -0.696. The summed E-state index contributed by atoms with van der Waals surface area (Å²) in [5.74, 6) is 1.39. The minimum Gasteiger partial charge on any atom is -0.482 e. The van der Waals surface area contributed by atoms with E-state index in [2.05, 4.69) is 48.0 Å². The predicted molar refractivity (Wildman–Crippen MR) is 108 cm³/mol. The van der Waals surface area contributed by atoms with E-state index in [1.807, 2.05) is 32.0 Å². The van der Waals surface area contributed by atoms with E-state index >= 15 is 0 Å². The number of hydrogen-bond donors (Lipinski definition) is 1. The van der Waals surface area contributed by atoms with Crippen LogP contribution in [0.5, 0.6) is 5.75 Å². The lowest BCUT2D eigenvalue weighted by molar-refractivity contribution is 0.101. The van der Waals surface area contributed by atoms with Gasteiger partial charge in [-0.1, -0.05) is 32.9 Å². The summed E-state index contributed by atoms with van der Waals surface area (Å²) in [6, 6.07) is 9.98. The van der Waals surface area contributed by atoms with E-state index in [-0.39, 0.29) is 11.4 Å². The Morgan fingerprint density at radius 1 is 1.07 bits per heavy atom. The molecule has 2 heterocycles. The van der Waals surface area contributed by atoms with Crippen LogP contribution in [-0.2, 0) is 15.9 Å². The number of fused-ring (bicyclic) bond motifs is 1. The molecule has 0 spiro atoms. The van der Waals surface area contributed by atoms with E-state index in [1.54, 1.807) is 10.7 Å². The van der Waals surface area contributed by atoms with Gasteiger partial charge in [-0.3, -0.25) is 10.2 Å². The zero-order chi connectivity index (χ0) is 20.5. The largest absolute Gasteiger partial charge is 0.482 e. The lowest BCUT2D eigenvalue weighted by atomic mass is 9.87. The topological polar surface area (TPSA) is 88.6 Å². The van der Waals surface area contributed by atoms with Crippen molar-refractivity contribution in [2.45, 2.75) is 45.6 Å². The van der Waals surface area contributed by atoms with E-state index in [0.29, 0.717) is 5.78 Å². The van der Waals surface area contributed by atoms with Crippen LogP contribution in [0, 0.1) is 5.41 Å². The second-order valence-corrected chi connectivity index (χ2v) is 7.98. The normalized spacial score (nSPS) is 12.2. The van der Waals surface area contributed by atoms with Crippen molar-refractivity contribution in [3.05, 3.63) is 47.8 Å². The molecular weight excluding hydrogens is 356 g/mol. The molecule has 1 N–H and O–H groups in total. The molecule has 2 aromatic heterocycles. The SMILES string of the molecule is CON(C=N)c1nc2nccc(C(C)(C)Oc3ccc(C(C)(C)C)cc3)n2n1. The van der Waals surface area contributed by atoms with Gasteiger partial charge in [-0.05, 0) is 43.0 Å². The van der Waals surface area contributed by atoms with E-state index in [4.69, 9.17) is 15.0 Å². The van der Waals surface area contributed by atoms with Gasteiger partial charge < -0.3 is 4.74 Å². The third-order valence-electron chi connectivity index (χ3n) is 4.45. The number of anilines is 1. The number of hydrogen-bond acceptors (Lipinski definition) is 6. The Morgan fingerprint density at radius 2 is 1.75 bits per heavy atom. The molecule has 0 aliphatic heterocycles. The number of ether oxygens (including phenoxy) is 1. The van der Waals surface area contributed by atoms with Crippen LogP contribution in [0.4, 0.5) is 5.95 Å². The monoisotopic (exact) mass is 382 g/mol. The number of benzene rings is 1. The van der Waals surface area contributed by atoms with Crippen molar-refractivity contribution >= 4 is 18.1 Å². The molecule has 0 bridgehead atoms. The molecule has 0 atom stereocenters. The van der Waals surface area contributed by atoms with E-state index in [1.165, 1.54) is 12.7 Å². The van der Waals surface area contributed by atoms with Crippen LogP contribution < -0.4 is 9.80 Å². The van der Waals surface area contributed by atoms with Crippen LogP contribution in [0.15, 0.2) is 36.5 Å². The van der Waals surface area contributed by atoms with Crippen LogP contribution in [0.3, 0.4) is 0 Å². The molecule has 0 radical (unpaired) electrons. The Morgan fingerprint density at radius 3 is 2.32 bits per heavy atom. The van der Waals surface area contributed by atoms with E-state index in [9.17, 15) is 0 Å². The van der Waals surface area contributed by atoms with Crippen LogP contribution in [0.25, 0.3) is 5.78 Å². The van der Waals surface area contributed by atoms with Crippen molar-refractivity contribution in [3.8, 4) is 5.75 Å². The lowest BCUT2D eigenvalue weighted by Crippen LogP contribution is -2.29. The van der Waals surface area contributed by atoms with Crippen molar-refractivity contribution in [2.75, 3.05) is 12.2 Å². The summed E-state index contributed by atoms with van der Waals surface area (Å²) in [5.41, 5.74) is 1.41. The number of aromatic nitrogens is 4. The maximum Gasteiger partial charge on any atom is 0.276 e. The number of hydroxylamine groups is 1. The zero-order valence-corrected chi connectivity index (χ0v) is 17.1. The molecule has 3 aromatic rings. The first-order valence-corrected chi connectivity index (χ1v) is 9.01. The Kier molecular flexibility index (Phi) is 5.08. The number of nitrogens with one attached hydrogen (secondary N) is 1. The van der Waals surface area contributed by atoms with Crippen molar-refractivity contribution in [2.24, 2.45) is 0 Å². The lowest BCUT2D eigenvalue weighted by Gasteiger charge is -2.27. The van der Waals surface area contributed by atoms with Gasteiger partial charge in [-0.25, -0.2) is 4.98 Å². The molecule has 8 nitrogen and oxygen atoms in total. The summed E-state index contributed by atoms with van der Waals surface area (Å²) in [6.07, 6.45) is 2.66. The Balaban J connectivity index is 1.95. The first-order valence-electron chi connectivity index (χ1n) is 9.01. The molecule has 0 unspecified atom stereocenters. The fraction of sp³-hybridized carbons (Fsp3) is 0.400. The fourth-order valence-electron chi connectivity index (χ4n) is 2.89. The highest BCUT2D eigenvalue weighted by atomic mass is 16.7. The number of nitrogens with zero attached hydrogens (tertiary/aromatic N) is 5. The second-order valence-electron chi connectivity index (χ2n) is 7.98. The molecule has 148 valence electrons. The van der Waals surface area contributed by atoms with Crippen LogP contribution in [0.1, 0.15) is 45.9 Å². The van der Waals surface area contributed by atoms with Gasteiger partial charge in [-0.2, -0.15) is 14.6 Å². The zero-order valence-electron chi connectivity index (χ0n) is 17.1. The Labute approximate surface area is 164 Å². The third kappa shape index (κ3) is 3.82. The van der Waals surface area contributed by atoms with Gasteiger partial charge in [0.15, 0.2) is 0 Å². The predicted octanol–water partition coefficient (Wildman–Crippen LogP) is 3.71. The molecule has 0 aliphatic rings. The van der Waals surface area contributed by atoms with Crippen LogP contribution in [0.2, 0.25) is 0 Å². The number of rotatable bonds is 6. The summed E-state index contributed by atoms with van der Waals surface area (Å²) < 4.78 is 7.89. The minimum absolute atomic E-state index is 0.0878. The van der Waals surface area contributed by atoms with Gasteiger partial charge in [0.05, 0.1) is 12.8 Å². The summed E-state index contributed by atoms with van der Waals surface area (Å²) in [6.45, 7) is 10.5. The molecule has 1 aromatic carbocycles. The summed E-state index contributed by atoms with van der Waals surface area (Å²) in [7, 11) is 1.44. The van der Waals surface area contributed by atoms with Crippen molar-refractivity contribution < 1.29 is 9.57 Å². The molecule has 0 fully saturated rings. The maximum absolute atomic E-state index is 7.40. The highest BCUT2D eigenvalue weighted by molar-refractivity contribution is 5.70. The van der Waals surface area contributed by atoms with Crippen LogP contribution >= 0.6 is 0 Å². The van der Waals surface area contributed by atoms with Gasteiger partial charge in [0.1, 0.15) is 17.7 Å². The Bertz CT molecular complexity index is 973. The van der Waals surface area contributed by atoms with E-state index < -0.39 is 5.60 Å². The van der Waals surface area contributed by atoms with Crippen LogP contribution in [-0.4, -0.2) is 33.0 Å². The summed E-state index contributed by atoms with van der Waals surface area (Å²) >= 11 is 0. The quantitative estimate of drug-likeness (QED) is 0.397. The first-order chi connectivity index (χ1) is 13.2. The van der Waals surface area contributed by atoms with Crippen molar-refractivity contribution in [3.63, 3.8) is 0 Å². The molecule has 3 rings (SSSR count). The average molecular weight is 382 g/mol. The van der Waals surface area contributed by atoms with E-state index in [0.717, 1.165) is 22.8 Å². The Hall–Kier alpha value is -3.00. The van der Waals surface area contributed by atoms with Gasteiger partial charge in [-0.15, -0.1) is 5.10 Å². The van der Waals surface area contributed by atoms with Gasteiger partial charge >= 0.3 is 0 Å². The average Bonchev–Trinajstić information content (AvgIpc) is 3.05. The molecule has 8 heteroatoms. The smallest absolute Gasteiger partial charge is 0.276 e. The second kappa shape index (κ2) is 7.20. The van der Waals surface area contributed by atoms with Gasteiger partial charge in [0.25, 0.3) is 11.7 Å². The maximum atomic E-state index is 7.40. The highest BCUT2D eigenvalue weighted by Gasteiger charge is 2.28. The molecule has 0 amide bonds. The van der Waals surface area contributed by atoms with Gasteiger partial charge in [0, 0.05) is 6.20 Å².